The van der Waals surface area contributed by atoms with Crippen molar-refractivity contribution < 1.29 is 4.74 Å². The first-order valence-electron chi connectivity index (χ1n) is 11.3. The van der Waals surface area contributed by atoms with E-state index in [1.54, 1.807) is 25.7 Å². The van der Waals surface area contributed by atoms with Crippen LogP contribution < -0.4 is 20.3 Å². The van der Waals surface area contributed by atoms with Gasteiger partial charge in [-0.15, -0.1) is 0 Å². The highest BCUT2D eigenvalue weighted by Crippen LogP contribution is 2.33. The number of hydrogen-bond acceptors (Lipinski definition) is 9. The summed E-state index contributed by atoms with van der Waals surface area (Å²) in [6, 6.07) is 17.5. The molecule has 0 unspecified atom stereocenters. The Balaban J connectivity index is 1.33. The molecule has 0 amide bonds. The smallest absolute Gasteiger partial charge is 0.229 e. The summed E-state index contributed by atoms with van der Waals surface area (Å²) >= 11 is 2.38. The van der Waals surface area contributed by atoms with Crippen molar-refractivity contribution in [2.75, 3.05) is 48.8 Å². The number of nitrogens with zero attached hydrogens (tertiary/aromatic N) is 6. The van der Waals surface area contributed by atoms with Gasteiger partial charge in [0.2, 0.25) is 5.95 Å². The van der Waals surface area contributed by atoms with Crippen molar-refractivity contribution in [3.8, 4) is 17.1 Å². The first-order valence-corrected chi connectivity index (χ1v) is 12.2. The van der Waals surface area contributed by atoms with Crippen LogP contribution in [-0.2, 0) is 0 Å². The lowest BCUT2D eigenvalue weighted by Gasteiger charge is -2.33. The standard InChI is InChI=1S/C25H25IN8O/c1-35-22-17-18(7-8-21(22)33-13-15-34(26)16-14-33)30-25-29-12-9-23(32-25)31-20-6-4-11-28-24(20)19-5-2-3-10-27-19/h2-12,17H,13-16H2,1H3,(H2,29,30,31,32). The number of aromatic nitrogens is 4. The Kier molecular flexibility index (Phi) is 7.19. The van der Waals surface area contributed by atoms with Crippen LogP contribution in [0, 0.1) is 0 Å². The summed E-state index contributed by atoms with van der Waals surface area (Å²) in [5.41, 5.74) is 4.30. The number of rotatable bonds is 7. The Bertz CT molecular complexity index is 1280. The van der Waals surface area contributed by atoms with Crippen molar-refractivity contribution in [2.45, 2.75) is 0 Å². The molecule has 1 aliphatic rings. The molecule has 1 aliphatic heterocycles. The van der Waals surface area contributed by atoms with Crippen LogP contribution in [0.4, 0.5) is 28.8 Å². The molecule has 5 rings (SSSR count). The highest BCUT2D eigenvalue weighted by molar-refractivity contribution is 14.1. The van der Waals surface area contributed by atoms with E-state index in [2.05, 4.69) is 67.5 Å². The fourth-order valence-electron chi connectivity index (χ4n) is 3.91. The molecule has 1 saturated heterocycles. The molecule has 178 valence electrons. The van der Waals surface area contributed by atoms with Crippen LogP contribution in [0.3, 0.4) is 0 Å². The average molecular weight is 580 g/mol. The van der Waals surface area contributed by atoms with Crippen LogP contribution in [-0.4, -0.2) is 56.3 Å². The van der Waals surface area contributed by atoms with Crippen LogP contribution in [0.1, 0.15) is 0 Å². The van der Waals surface area contributed by atoms with Gasteiger partial charge in [-0.1, -0.05) is 6.07 Å². The lowest BCUT2D eigenvalue weighted by atomic mass is 10.2. The SMILES string of the molecule is COc1cc(Nc2nccc(Nc3cccnc3-c3ccccn3)n2)ccc1N1CCN(I)CC1. The topological polar surface area (TPSA) is 91.3 Å². The van der Waals surface area contributed by atoms with Gasteiger partial charge >= 0.3 is 0 Å². The minimum atomic E-state index is 0.478. The molecule has 0 aliphatic carbocycles. The van der Waals surface area contributed by atoms with E-state index in [1.807, 2.05) is 48.5 Å². The minimum Gasteiger partial charge on any atom is -0.495 e. The number of halogens is 1. The van der Waals surface area contributed by atoms with E-state index in [-0.39, 0.29) is 0 Å². The Morgan fingerprint density at radius 3 is 2.51 bits per heavy atom. The maximum atomic E-state index is 5.70. The molecule has 1 aromatic carbocycles. The largest absolute Gasteiger partial charge is 0.495 e. The van der Waals surface area contributed by atoms with Gasteiger partial charge in [0, 0.05) is 79.4 Å². The molecule has 0 bridgehead atoms. The highest BCUT2D eigenvalue weighted by Gasteiger charge is 2.19. The van der Waals surface area contributed by atoms with Crippen LogP contribution >= 0.6 is 22.9 Å². The summed E-state index contributed by atoms with van der Waals surface area (Å²) < 4.78 is 8.00. The molecule has 0 atom stereocenters. The molecular weight excluding hydrogens is 555 g/mol. The molecule has 4 aromatic rings. The van der Waals surface area contributed by atoms with Gasteiger partial charge in [-0.05, 0) is 42.5 Å². The molecule has 10 heteroatoms. The van der Waals surface area contributed by atoms with Crippen molar-refractivity contribution in [3.63, 3.8) is 0 Å². The number of nitrogens with one attached hydrogen (secondary N) is 2. The number of hydrogen-bond donors (Lipinski definition) is 2. The van der Waals surface area contributed by atoms with Crippen molar-refractivity contribution in [2.24, 2.45) is 0 Å². The van der Waals surface area contributed by atoms with Gasteiger partial charge in [-0.3, -0.25) is 9.97 Å². The molecule has 1 fully saturated rings. The summed E-state index contributed by atoms with van der Waals surface area (Å²) in [7, 11) is 1.70. The summed E-state index contributed by atoms with van der Waals surface area (Å²) in [6.45, 7) is 3.99. The number of benzene rings is 1. The monoisotopic (exact) mass is 580 g/mol. The van der Waals surface area contributed by atoms with Crippen LogP contribution in [0.5, 0.6) is 5.75 Å². The first kappa shape index (κ1) is 23.2. The van der Waals surface area contributed by atoms with E-state index in [4.69, 9.17) is 4.74 Å². The van der Waals surface area contributed by atoms with Crippen LogP contribution in [0.2, 0.25) is 0 Å². The molecule has 4 heterocycles. The van der Waals surface area contributed by atoms with Gasteiger partial charge in [0.05, 0.1) is 24.2 Å². The quantitative estimate of drug-likeness (QED) is 0.234. The lowest BCUT2D eigenvalue weighted by molar-refractivity contribution is 0.408. The molecule has 2 N–H and O–H groups in total. The average Bonchev–Trinajstić information content (AvgIpc) is 2.90. The zero-order valence-corrected chi connectivity index (χ0v) is 21.4. The van der Waals surface area contributed by atoms with E-state index >= 15 is 0 Å². The second-order valence-electron chi connectivity index (χ2n) is 7.91. The van der Waals surface area contributed by atoms with E-state index in [1.165, 1.54) is 0 Å². The van der Waals surface area contributed by atoms with E-state index < -0.39 is 0 Å². The van der Waals surface area contributed by atoms with Gasteiger partial charge in [0.1, 0.15) is 17.3 Å². The maximum Gasteiger partial charge on any atom is 0.229 e. The number of anilines is 5. The van der Waals surface area contributed by atoms with Crippen molar-refractivity contribution >= 4 is 51.7 Å². The third-order valence-corrected chi connectivity index (χ3v) is 6.60. The van der Waals surface area contributed by atoms with Gasteiger partial charge in [-0.2, -0.15) is 4.98 Å². The van der Waals surface area contributed by atoms with Crippen LogP contribution in [0.15, 0.2) is 73.2 Å². The molecule has 3 aromatic heterocycles. The number of methoxy groups -OCH3 is 1. The second kappa shape index (κ2) is 10.8. The number of pyridine rings is 2. The van der Waals surface area contributed by atoms with Gasteiger partial charge in [0.25, 0.3) is 0 Å². The zero-order chi connectivity index (χ0) is 24.0. The number of ether oxygens (including phenoxy) is 1. The molecule has 9 nitrogen and oxygen atoms in total. The summed E-state index contributed by atoms with van der Waals surface area (Å²) in [6.07, 6.45) is 5.22. The Morgan fingerprint density at radius 1 is 0.857 bits per heavy atom. The molecule has 0 radical (unpaired) electrons. The fraction of sp³-hybridized carbons (Fsp3) is 0.200. The fourth-order valence-corrected chi connectivity index (χ4v) is 4.34. The van der Waals surface area contributed by atoms with Gasteiger partial charge in [0.15, 0.2) is 0 Å². The third-order valence-electron chi connectivity index (χ3n) is 5.64. The lowest BCUT2D eigenvalue weighted by Crippen LogP contribution is -2.42. The van der Waals surface area contributed by atoms with Crippen molar-refractivity contribution in [1.82, 2.24) is 23.0 Å². The summed E-state index contributed by atoms with van der Waals surface area (Å²) in [5, 5.41) is 6.64. The summed E-state index contributed by atoms with van der Waals surface area (Å²) in [5.74, 6) is 1.95. The van der Waals surface area contributed by atoms with Crippen molar-refractivity contribution in [1.29, 1.82) is 0 Å². The molecular formula is C25H25IN8O. The number of piperazine rings is 1. The van der Waals surface area contributed by atoms with Crippen molar-refractivity contribution in [3.05, 3.63) is 73.2 Å². The Labute approximate surface area is 218 Å². The predicted molar refractivity (Wildman–Crippen MR) is 147 cm³/mol. The zero-order valence-electron chi connectivity index (χ0n) is 19.2. The summed E-state index contributed by atoms with van der Waals surface area (Å²) in [4.78, 5) is 20.3. The van der Waals surface area contributed by atoms with E-state index in [9.17, 15) is 0 Å². The molecule has 0 saturated carbocycles. The van der Waals surface area contributed by atoms with E-state index in [0.717, 1.165) is 60.4 Å². The second-order valence-corrected chi connectivity index (χ2v) is 9.28. The van der Waals surface area contributed by atoms with Gasteiger partial charge < -0.3 is 20.3 Å². The Morgan fingerprint density at radius 2 is 1.71 bits per heavy atom. The highest BCUT2D eigenvalue weighted by atomic mass is 127. The van der Waals surface area contributed by atoms with Gasteiger partial charge in [-0.25, -0.2) is 8.10 Å². The normalized spacial score (nSPS) is 13.9. The molecule has 35 heavy (non-hydrogen) atoms. The van der Waals surface area contributed by atoms with Crippen LogP contribution in [0.25, 0.3) is 11.4 Å². The van der Waals surface area contributed by atoms with E-state index in [0.29, 0.717) is 11.8 Å². The minimum absolute atomic E-state index is 0.478. The third kappa shape index (κ3) is 5.60. The predicted octanol–water partition coefficient (Wildman–Crippen LogP) is 4.90. The molecule has 0 spiro atoms. The maximum absolute atomic E-state index is 5.70. The first-order chi connectivity index (χ1) is 17.2. The Hall–Kier alpha value is -3.51.